The predicted octanol–water partition coefficient (Wildman–Crippen LogP) is 4.16. The molecule has 0 aromatic heterocycles. The highest BCUT2D eigenvalue weighted by molar-refractivity contribution is 6.31. The molecule has 0 bridgehead atoms. The van der Waals surface area contributed by atoms with E-state index in [1.54, 1.807) is 57.2 Å². The second-order valence-corrected chi connectivity index (χ2v) is 8.91. The van der Waals surface area contributed by atoms with Gasteiger partial charge in [0, 0.05) is 28.4 Å². The molecule has 4 rings (SSSR count). The van der Waals surface area contributed by atoms with Crippen molar-refractivity contribution >= 4 is 28.9 Å². The summed E-state index contributed by atoms with van der Waals surface area (Å²) >= 11 is 0. The van der Waals surface area contributed by atoms with Gasteiger partial charge in [-0.2, -0.15) is 0 Å². The largest absolute Gasteiger partial charge is 0.444 e. The van der Waals surface area contributed by atoms with Gasteiger partial charge in [-0.3, -0.25) is 10.1 Å². The Morgan fingerprint density at radius 3 is 2.58 bits per heavy atom. The highest BCUT2D eigenvalue weighted by atomic mass is 16.6. The van der Waals surface area contributed by atoms with E-state index in [9.17, 15) is 19.8 Å². The summed E-state index contributed by atoms with van der Waals surface area (Å²) in [6.45, 7) is 5.34. The van der Waals surface area contributed by atoms with E-state index < -0.39 is 29.8 Å². The van der Waals surface area contributed by atoms with Gasteiger partial charge < -0.3 is 20.3 Å². The predicted molar refractivity (Wildman–Crippen MR) is 117 cm³/mol. The zero-order valence-electron chi connectivity index (χ0n) is 17.7. The van der Waals surface area contributed by atoms with Crippen LogP contribution in [0.3, 0.4) is 0 Å². The number of carbonyl (C=O) groups excluding carboxylic acids is 2. The molecule has 2 amide bonds. The van der Waals surface area contributed by atoms with E-state index in [4.69, 9.17) is 4.74 Å². The van der Waals surface area contributed by atoms with Gasteiger partial charge in [0.1, 0.15) is 5.60 Å². The Morgan fingerprint density at radius 1 is 1.16 bits per heavy atom. The van der Waals surface area contributed by atoms with Crippen molar-refractivity contribution in [2.24, 2.45) is 5.92 Å². The molecule has 31 heavy (non-hydrogen) atoms. The molecule has 1 aliphatic carbocycles. The first-order valence-corrected chi connectivity index (χ1v) is 10.2. The standard InChI is InChI=1S/C24H26N2O5/c1-24(2,3)31-23(30)25-14-8-9-19-17(12-14)18(22(29)26-19)10-13-11-20(27)15-6-4-5-7-16(15)21(13)28/h4-10,12-13,20-21,27-28H,11H2,1-3H3,(H,25,30)(H,26,29). The summed E-state index contributed by atoms with van der Waals surface area (Å²) in [6.07, 6.45) is -0.113. The molecule has 3 atom stereocenters. The first-order chi connectivity index (χ1) is 14.6. The van der Waals surface area contributed by atoms with Crippen LogP contribution in [0.4, 0.5) is 16.2 Å². The van der Waals surface area contributed by atoms with Crippen LogP contribution in [0.15, 0.2) is 48.5 Å². The van der Waals surface area contributed by atoms with Crippen LogP contribution < -0.4 is 10.6 Å². The number of fused-ring (bicyclic) bond motifs is 2. The van der Waals surface area contributed by atoms with E-state index in [1.807, 2.05) is 12.1 Å². The van der Waals surface area contributed by atoms with Crippen LogP contribution in [0, 0.1) is 5.92 Å². The van der Waals surface area contributed by atoms with E-state index in [0.29, 0.717) is 40.1 Å². The van der Waals surface area contributed by atoms with Crippen LogP contribution in [0.5, 0.6) is 0 Å². The van der Waals surface area contributed by atoms with Crippen LogP contribution in [0.25, 0.3) is 5.57 Å². The minimum atomic E-state index is -0.827. The van der Waals surface area contributed by atoms with Crippen molar-refractivity contribution in [3.63, 3.8) is 0 Å². The zero-order chi connectivity index (χ0) is 22.3. The zero-order valence-corrected chi connectivity index (χ0v) is 17.7. The maximum Gasteiger partial charge on any atom is 0.412 e. The van der Waals surface area contributed by atoms with Crippen LogP contribution in [0.2, 0.25) is 0 Å². The molecule has 2 aliphatic rings. The van der Waals surface area contributed by atoms with Gasteiger partial charge in [0.05, 0.1) is 12.2 Å². The summed E-state index contributed by atoms with van der Waals surface area (Å²) in [6, 6.07) is 12.3. The number of aliphatic hydroxyl groups excluding tert-OH is 2. The molecule has 0 radical (unpaired) electrons. The van der Waals surface area contributed by atoms with Crippen molar-refractivity contribution in [2.45, 2.75) is 45.0 Å². The average molecular weight is 422 g/mol. The van der Waals surface area contributed by atoms with Crippen LogP contribution in [-0.4, -0.2) is 27.8 Å². The van der Waals surface area contributed by atoms with Gasteiger partial charge in [-0.05, 0) is 56.5 Å². The molecule has 2 aromatic rings. The summed E-state index contributed by atoms with van der Waals surface area (Å²) in [5.74, 6) is -0.718. The monoisotopic (exact) mass is 422 g/mol. The SMILES string of the molecule is CC(C)(C)OC(=O)Nc1ccc2c(c1)C(=CC1CC(O)c3ccccc3C1O)C(=O)N2. The highest BCUT2D eigenvalue weighted by Crippen LogP contribution is 2.43. The number of anilines is 2. The van der Waals surface area contributed by atoms with Gasteiger partial charge in [0.25, 0.3) is 5.91 Å². The van der Waals surface area contributed by atoms with E-state index in [0.717, 1.165) is 0 Å². The molecule has 7 nitrogen and oxygen atoms in total. The van der Waals surface area contributed by atoms with Gasteiger partial charge in [-0.15, -0.1) is 0 Å². The summed E-state index contributed by atoms with van der Waals surface area (Å²) in [5, 5.41) is 26.9. The molecule has 2 aromatic carbocycles. The van der Waals surface area contributed by atoms with Crippen molar-refractivity contribution in [3.05, 3.63) is 65.2 Å². The molecule has 0 saturated heterocycles. The fraction of sp³-hybridized carbons (Fsp3) is 0.333. The lowest BCUT2D eigenvalue weighted by atomic mass is 9.78. The number of carbonyl (C=O) groups is 2. The minimum absolute atomic E-state index is 0.287. The number of amides is 2. The molecule has 0 saturated carbocycles. The molecule has 0 spiro atoms. The van der Waals surface area contributed by atoms with E-state index in [1.165, 1.54) is 0 Å². The third-order valence-corrected chi connectivity index (χ3v) is 5.40. The molecular formula is C24H26N2O5. The van der Waals surface area contributed by atoms with Gasteiger partial charge in [0.2, 0.25) is 0 Å². The lowest BCUT2D eigenvalue weighted by molar-refractivity contribution is -0.110. The van der Waals surface area contributed by atoms with Gasteiger partial charge >= 0.3 is 6.09 Å². The molecule has 1 aliphatic heterocycles. The number of hydrogen-bond acceptors (Lipinski definition) is 5. The summed E-state index contributed by atoms with van der Waals surface area (Å²) in [4.78, 5) is 24.7. The fourth-order valence-corrected chi connectivity index (χ4v) is 4.05. The third-order valence-electron chi connectivity index (χ3n) is 5.40. The van der Waals surface area contributed by atoms with Crippen molar-refractivity contribution < 1.29 is 24.5 Å². The van der Waals surface area contributed by atoms with Crippen molar-refractivity contribution in [1.82, 2.24) is 0 Å². The third kappa shape index (κ3) is 4.33. The van der Waals surface area contributed by atoms with E-state index in [2.05, 4.69) is 10.6 Å². The minimum Gasteiger partial charge on any atom is -0.444 e. The second kappa shape index (κ2) is 7.83. The average Bonchev–Trinajstić information content (AvgIpc) is 2.99. The Hall–Kier alpha value is -3.16. The van der Waals surface area contributed by atoms with E-state index in [-0.39, 0.29) is 5.91 Å². The summed E-state index contributed by atoms with van der Waals surface area (Å²) < 4.78 is 5.28. The molecule has 0 fully saturated rings. The summed E-state index contributed by atoms with van der Waals surface area (Å²) in [7, 11) is 0. The van der Waals surface area contributed by atoms with Crippen molar-refractivity contribution in [1.29, 1.82) is 0 Å². The molecular weight excluding hydrogens is 396 g/mol. The maximum absolute atomic E-state index is 12.6. The number of nitrogens with one attached hydrogen (secondary N) is 2. The summed E-state index contributed by atoms with van der Waals surface area (Å²) in [5.41, 5.74) is 2.89. The molecule has 1 heterocycles. The molecule has 162 valence electrons. The van der Waals surface area contributed by atoms with Gasteiger partial charge in [-0.25, -0.2) is 4.79 Å². The molecule has 7 heteroatoms. The topological polar surface area (TPSA) is 108 Å². The Morgan fingerprint density at radius 2 is 1.87 bits per heavy atom. The maximum atomic E-state index is 12.6. The number of ether oxygens (including phenoxy) is 1. The second-order valence-electron chi connectivity index (χ2n) is 8.91. The molecule has 3 unspecified atom stereocenters. The van der Waals surface area contributed by atoms with Crippen molar-refractivity contribution in [2.75, 3.05) is 10.6 Å². The van der Waals surface area contributed by atoms with Crippen molar-refractivity contribution in [3.8, 4) is 0 Å². The van der Waals surface area contributed by atoms with Crippen LogP contribution in [0.1, 0.15) is 56.1 Å². The smallest absolute Gasteiger partial charge is 0.412 e. The lowest BCUT2D eigenvalue weighted by Crippen LogP contribution is -2.27. The number of aliphatic hydroxyl groups is 2. The normalized spacial score (nSPS) is 23.7. The first-order valence-electron chi connectivity index (χ1n) is 10.2. The number of rotatable bonds is 2. The highest BCUT2D eigenvalue weighted by Gasteiger charge is 2.34. The van der Waals surface area contributed by atoms with E-state index >= 15 is 0 Å². The number of benzene rings is 2. The number of hydrogen-bond donors (Lipinski definition) is 4. The first kappa shape index (κ1) is 21.1. The molecule has 4 N–H and O–H groups in total. The lowest BCUT2D eigenvalue weighted by Gasteiger charge is -2.31. The quantitative estimate of drug-likeness (QED) is 0.544. The Labute approximate surface area is 180 Å². The van der Waals surface area contributed by atoms with Gasteiger partial charge in [-0.1, -0.05) is 30.3 Å². The fourth-order valence-electron chi connectivity index (χ4n) is 4.05. The van der Waals surface area contributed by atoms with Crippen LogP contribution in [-0.2, 0) is 9.53 Å². The Bertz CT molecular complexity index is 1070. The van der Waals surface area contributed by atoms with Crippen LogP contribution >= 0.6 is 0 Å². The van der Waals surface area contributed by atoms with Gasteiger partial charge in [0.15, 0.2) is 0 Å². The Balaban J connectivity index is 1.62. The Kier molecular flexibility index (Phi) is 5.33.